The Morgan fingerprint density at radius 3 is 2.94 bits per heavy atom. The first-order valence-corrected chi connectivity index (χ1v) is 6.21. The Morgan fingerprint density at radius 2 is 2.28 bits per heavy atom. The minimum Gasteiger partial charge on any atom is -0.461 e. The summed E-state index contributed by atoms with van der Waals surface area (Å²) in [7, 11) is 0. The summed E-state index contributed by atoms with van der Waals surface area (Å²) in [5.74, 6) is 1.34. The maximum atomic E-state index is 5.75. The van der Waals surface area contributed by atoms with Gasteiger partial charge in [-0.15, -0.1) is 11.3 Å². The number of hydrogen-bond donors (Lipinski definition) is 1. The second kappa shape index (κ2) is 4.35. The molecule has 3 heterocycles. The van der Waals surface area contributed by atoms with Crippen LogP contribution in [0, 0.1) is 0 Å². The molecular weight excluding hydrogens is 252 g/mol. The highest BCUT2D eigenvalue weighted by Gasteiger charge is 2.15. The smallest absolute Gasteiger partial charge is 0.277 e. The average Bonchev–Trinajstić information content (AvgIpc) is 3.10. The standard InChI is InChI=1S/C11H10N4O2S/c1-6(12)11-13-7(5-18-11)10-14-9(15-17-10)8-3-2-4-16-8/h2-6H,12H2,1H3. The van der Waals surface area contributed by atoms with E-state index in [1.807, 2.05) is 12.3 Å². The van der Waals surface area contributed by atoms with Gasteiger partial charge in [0.25, 0.3) is 5.89 Å². The van der Waals surface area contributed by atoms with Gasteiger partial charge in [-0.05, 0) is 19.1 Å². The van der Waals surface area contributed by atoms with Crippen molar-refractivity contribution in [1.82, 2.24) is 15.1 Å². The zero-order valence-corrected chi connectivity index (χ0v) is 10.3. The number of hydrogen-bond acceptors (Lipinski definition) is 7. The normalized spacial score (nSPS) is 12.8. The van der Waals surface area contributed by atoms with Gasteiger partial charge in [0.1, 0.15) is 10.7 Å². The number of rotatable bonds is 3. The van der Waals surface area contributed by atoms with Gasteiger partial charge in [-0.1, -0.05) is 5.16 Å². The molecule has 1 atom stereocenters. The molecule has 92 valence electrons. The molecule has 3 rings (SSSR count). The largest absolute Gasteiger partial charge is 0.461 e. The van der Waals surface area contributed by atoms with Crippen molar-refractivity contribution >= 4 is 11.3 Å². The molecule has 1 unspecified atom stereocenters. The maximum Gasteiger partial charge on any atom is 0.277 e. The molecule has 0 aromatic carbocycles. The fourth-order valence-corrected chi connectivity index (χ4v) is 2.18. The average molecular weight is 262 g/mol. The quantitative estimate of drug-likeness (QED) is 0.779. The predicted molar refractivity (Wildman–Crippen MR) is 65.7 cm³/mol. The molecule has 18 heavy (non-hydrogen) atoms. The zero-order chi connectivity index (χ0) is 12.5. The predicted octanol–water partition coefficient (Wildman–Crippen LogP) is 2.47. The second-order valence-electron chi connectivity index (χ2n) is 3.76. The molecule has 0 saturated carbocycles. The lowest BCUT2D eigenvalue weighted by Gasteiger charge is -1.95. The van der Waals surface area contributed by atoms with E-state index in [0.717, 1.165) is 5.01 Å². The fraction of sp³-hybridized carbons (Fsp3) is 0.182. The topological polar surface area (TPSA) is 91.0 Å². The SMILES string of the molecule is CC(N)c1nc(-c2nc(-c3ccco3)no2)cs1. The summed E-state index contributed by atoms with van der Waals surface area (Å²) in [5, 5.41) is 6.52. The minimum atomic E-state index is -0.101. The van der Waals surface area contributed by atoms with Crippen molar-refractivity contribution in [3.8, 4) is 23.2 Å². The molecule has 0 bridgehead atoms. The van der Waals surface area contributed by atoms with E-state index in [1.54, 1.807) is 18.4 Å². The Balaban J connectivity index is 1.93. The summed E-state index contributed by atoms with van der Waals surface area (Å²) in [6.07, 6.45) is 1.56. The third kappa shape index (κ3) is 1.93. The van der Waals surface area contributed by atoms with Crippen LogP contribution in [-0.4, -0.2) is 15.1 Å². The number of aromatic nitrogens is 3. The lowest BCUT2D eigenvalue weighted by molar-refractivity contribution is 0.428. The van der Waals surface area contributed by atoms with E-state index in [-0.39, 0.29) is 6.04 Å². The molecular formula is C11H10N4O2S. The van der Waals surface area contributed by atoms with Crippen LogP contribution in [0.5, 0.6) is 0 Å². The van der Waals surface area contributed by atoms with Gasteiger partial charge in [-0.25, -0.2) is 4.98 Å². The molecule has 0 saturated heterocycles. The van der Waals surface area contributed by atoms with Crippen LogP contribution in [-0.2, 0) is 0 Å². The number of nitrogens with zero attached hydrogens (tertiary/aromatic N) is 3. The summed E-state index contributed by atoms with van der Waals surface area (Å²) >= 11 is 1.47. The maximum absolute atomic E-state index is 5.75. The Morgan fingerprint density at radius 1 is 1.39 bits per heavy atom. The van der Waals surface area contributed by atoms with E-state index in [2.05, 4.69) is 15.1 Å². The van der Waals surface area contributed by atoms with Crippen molar-refractivity contribution in [1.29, 1.82) is 0 Å². The van der Waals surface area contributed by atoms with Crippen LogP contribution in [0.15, 0.2) is 32.7 Å². The summed E-state index contributed by atoms with van der Waals surface area (Å²) in [6.45, 7) is 1.88. The van der Waals surface area contributed by atoms with Gasteiger partial charge in [-0.2, -0.15) is 4.98 Å². The minimum absolute atomic E-state index is 0.101. The lowest BCUT2D eigenvalue weighted by Crippen LogP contribution is -2.03. The molecule has 2 N–H and O–H groups in total. The molecule has 3 aromatic rings. The molecule has 0 aliphatic rings. The van der Waals surface area contributed by atoms with Gasteiger partial charge >= 0.3 is 0 Å². The van der Waals surface area contributed by atoms with E-state index in [9.17, 15) is 0 Å². The molecule has 6 nitrogen and oxygen atoms in total. The van der Waals surface area contributed by atoms with Crippen molar-refractivity contribution in [3.05, 3.63) is 28.8 Å². The molecule has 7 heteroatoms. The van der Waals surface area contributed by atoms with Gasteiger partial charge in [0.2, 0.25) is 5.82 Å². The molecule has 3 aromatic heterocycles. The summed E-state index contributed by atoms with van der Waals surface area (Å²) in [6, 6.07) is 3.43. The Kier molecular flexibility index (Phi) is 2.69. The van der Waals surface area contributed by atoms with Gasteiger partial charge in [-0.3, -0.25) is 0 Å². The van der Waals surface area contributed by atoms with Crippen LogP contribution in [0.4, 0.5) is 0 Å². The molecule has 0 amide bonds. The summed E-state index contributed by atoms with van der Waals surface area (Å²) in [5.41, 5.74) is 6.39. The monoisotopic (exact) mass is 262 g/mol. The lowest BCUT2D eigenvalue weighted by atomic mass is 10.4. The van der Waals surface area contributed by atoms with Gasteiger partial charge in [0, 0.05) is 5.38 Å². The van der Waals surface area contributed by atoms with Crippen LogP contribution >= 0.6 is 11.3 Å². The number of furan rings is 1. The fourth-order valence-electron chi connectivity index (χ4n) is 1.43. The van der Waals surface area contributed by atoms with Crippen LogP contribution < -0.4 is 5.73 Å². The highest BCUT2D eigenvalue weighted by Crippen LogP contribution is 2.25. The van der Waals surface area contributed by atoms with Crippen molar-refractivity contribution in [3.63, 3.8) is 0 Å². The van der Waals surface area contributed by atoms with Crippen molar-refractivity contribution in [2.75, 3.05) is 0 Å². The van der Waals surface area contributed by atoms with Gasteiger partial charge in [0.15, 0.2) is 5.76 Å². The molecule has 0 aliphatic heterocycles. The van der Waals surface area contributed by atoms with Crippen molar-refractivity contribution < 1.29 is 8.94 Å². The summed E-state index contributed by atoms with van der Waals surface area (Å²) < 4.78 is 10.3. The zero-order valence-electron chi connectivity index (χ0n) is 9.53. The first kappa shape index (κ1) is 11.1. The van der Waals surface area contributed by atoms with Crippen LogP contribution in [0.3, 0.4) is 0 Å². The third-order valence-electron chi connectivity index (χ3n) is 2.30. The Bertz CT molecular complexity index is 642. The van der Waals surface area contributed by atoms with E-state index in [0.29, 0.717) is 23.2 Å². The first-order chi connectivity index (χ1) is 8.74. The van der Waals surface area contributed by atoms with E-state index in [1.165, 1.54) is 11.3 Å². The molecule has 0 radical (unpaired) electrons. The molecule has 0 spiro atoms. The van der Waals surface area contributed by atoms with E-state index in [4.69, 9.17) is 14.7 Å². The van der Waals surface area contributed by atoms with Crippen LogP contribution in [0.25, 0.3) is 23.2 Å². The summed E-state index contributed by atoms with van der Waals surface area (Å²) in [4.78, 5) is 8.57. The van der Waals surface area contributed by atoms with E-state index >= 15 is 0 Å². The Labute approximate surface area is 106 Å². The molecule has 0 fully saturated rings. The first-order valence-electron chi connectivity index (χ1n) is 5.33. The van der Waals surface area contributed by atoms with Crippen molar-refractivity contribution in [2.45, 2.75) is 13.0 Å². The molecule has 0 aliphatic carbocycles. The van der Waals surface area contributed by atoms with Crippen LogP contribution in [0.2, 0.25) is 0 Å². The number of thiazole rings is 1. The van der Waals surface area contributed by atoms with Crippen LogP contribution in [0.1, 0.15) is 18.0 Å². The Hall–Kier alpha value is -1.99. The highest BCUT2D eigenvalue weighted by molar-refractivity contribution is 7.10. The highest BCUT2D eigenvalue weighted by atomic mass is 32.1. The second-order valence-corrected chi connectivity index (χ2v) is 4.65. The van der Waals surface area contributed by atoms with Crippen molar-refractivity contribution in [2.24, 2.45) is 5.73 Å². The van der Waals surface area contributed by atoms with Gasteiger partial charge < -0.3 is 14.7 Å². The van der Waals surface area contributed by atoms with Gasteiger partial charge in [0.05, 0.1) is 12.3 Å². The third-order valence-corrected chi connectivity index (χ3v) is 3.34. The van der Waals surface area contributed by atoms with E-state index < -0.39 is 0 Å². The number of nitrogens with two attached hydrogens (primary N) is 1.